The summed E-state index contributed by atoms with van der Waals surface area (Å²) in [6, 6.07) is 8.10. The highest BCUT2D eigenvalue weighted by molar-refractivity contribution is 6.30. The van der Waals surface area contributed by atoms with Crippen LogP contribution in [0.4, 0.5) is 0 Å². The Morgan fingerprint density at radius 1 is 1.24 bits per heavy atom. The summed E-state index contributed by atoms with van der Waals surface area (Å²) >= 11 is 6.03. The fourth-order valence-electron chi connectivity index (χ4n) is 2.53. The van der Waals surface area contributed by atoms with Gasteiger partial charge in [-0.2, -0.15) is 0 Å². The van der Waals surface area contributed by atoms with Gasteiger partial charge in [0, 0.05) is 24.0 Å². The van der Waals surface area contributed by atoms with Gasteiger partial charge in [-0.1, -0.05) is 30.2 Å². The van der Waals surface area contributed by atoms with Crippen molar-refractivity contribution < 1.29 is 0 Å². The van der Waals surface area contributed by atoms with E-state index in [2.05, 4.69) is 11.0 Å². The zero-order valence-electron chi connectivity index (χ0n) is 10.2. The predicted octanol–water partition coefficient (Wildman–Crippen LogP) is 2.87. The van der Waals surface area contributed by atoms with Crippen molar-refractivity contribution in [2.75, 3.05) is 26.2 Å². The van der Waals surface area contributed by atoms with Crippen LogP contribution in [0.2, 0.25) is 5.02 Å². The van der Waals surface area contributed by atoms with Crippen molar-refractivity contribution in [3.63, 3.8) is 0 Å². The Labute approximate surface area is 109 Å². The molecular weight excluding hydrogens is 232 g/mol. The predicted molar refractivity (Wildman–Crippen MR) is 73.5 cm³/mol. The molecule has 1 aromatic carbocycles. The Morgan fingerprint density at radius 2 is 2.00 bits per heavy atom. The van der Waals surface area contributed by atoms with Crippen LogP contribution in [0.5, 0.6) is 0 Å². The van der Waals surface area contributed by atoms with E-state index in [1.807, 2.05) is 18.2 Å². The van der Waals surface area contributed by atoms with Gasteiger partial charge in [0.15, 0.2) is 0 Å². The number of nitrogens with zero attached hydrogens (tertiary/aromatic N) is 1. The van der Waals surface area contributed by atoms with E-state index in [4.69, 9.17) is 17.3 Å². The van der Waals surface area contributed by atoms with Gasteiger partial charge in [0.25, 0.3) is 0 Å². The number of hydrogen-bond acceptors (Lipinski definition) is 2. The fourth-order valence-corrected chi connectivity index (χ4v) is 2.73. The van der Waals surface area contributed by atoms with Gasteiger partial charge in [-0.05, 0) is 43.6 Å². The van der Waals surface area contributed by atoms with Gasteiger partial charge in [-0.25, -0.2) is 0 Å². The van der Waals surface area contributed by atoms with Gasteiger partial charge in [-0.3, -0.25) is 0 Å². The van der Waals surface area contributed by atoms with E-state index in [1.54, 1.807) is 0 Å². The highest BCUT2D eigenvalue weighted by Gasteiger charge is 2.17. The molecule has 0 saturated carbocycles. The first-order valence-corrected chi connectivity index (χ1v) is 6.85. The molecule has 0 aromatic heterocycles. The minimum Gasteiger partial charge on any atom is -0.330 e. The summed E-state index contributed by atoms with van der Waals surface area (Å²) in [6.45, 7) is 4.20. The maximum atomic E-state index is 6.03. The second-order valence-electron chi connectivity index (χ2n) is 4.85. The van der Waals surface area contributed by atoms with E-state index in [9.17, 15) is 0 Å². The lowest BCUT2D eigenvalue weighted by Crippen LogP contribution is -2.35. The van der Waals surface area contributed by atoms with Gasteiger partial charge in [0.2, 0.25) is 0 Å². The molecule has 1 aliphatic heterocycles. The van der Waals surface area contributed by atoms with Crippen LogP contribution < -0.4 is 5.73 Å². The van der Waals surface area contributed by atoms with E-state index in [-0.39, 0.29) is 0 Å². The molecule has 0 aliphatic carbocycles. The van der Waals surface area contributed by atoms with Crippen LogP contribution in [0.3, 0.4) is 0 Å². The number of halogens is 1. The molecule has 1 unspecified atom stereocenters. The van der Waals surface area contributed by atoms with E-state index in [0.29, 0.717) is 12.5 Å². The van der Waals surface area contributed by atoms with E-state index in [0.717, 1.165) is 11.6 Å². The Kier molecular flexibility index (Phi) is 4.84. The maximum absolute atomic E-state index is 6.03. The molecule has 0 radical (unpaired) electrons. The number of rotatable bonds is 4. The molecular formula is C14H21ClN2. The van der Waals surface area contributed by atoms with Crippen molar-refractivity contribution >= 4 is 11.6 Å². The summed E-state index contributed by atoms with van der Waals surface area (Å²) in [7, 11) is 0. The Balaban J connectivity index is 2.00. The zero-order valence-corrected chi connectivity index (χ0v) is 11.0. The summed E-state index contributed by atoms with van der Waals surface area (Å²) < 4.78 is 0. The van der Waals surface area contributed by atoms with Crippen molar-refractivity contribution in [2.24, 2.45) is 5.73 Å². The van der Waals surface area contributed by atoms with Gasteiger partial charge >= 0.3 is 0 Å². The Hall–Kier alpha value is -0.570. The minimum atomic E-state index is 0.409. The largest absolute Gasteiger partial charge is 0.330 e. The quantitative estimate of drug-likeness (QED) is 0.893. The number of piperidine rings is 1. The molecule has 0 bridgehead atoms. The van der Waals surface area contributed by atoms with Crippen LogP contribution in [0.1, 0.15) is 30.7 Å². The first-order valence-electron chi connectivity index (χ1n) is 6.47. The van der Waals surface area contributed by atoms with Crippen LogP contribution in [0.25, 0.3) is 0 Å². The van der Waals surface area contributed by atoms with Gasteiger partial charge in [0.1, 0.15) is 0 Å². The first kappa shape index (κ1) is 12.9. The van der Waals surface area contributed by atoms with Crippen molar-refractivity contribution in [3.8, 4) is 0 Å². The molecule has 1 fully saturated rings. The third-order valence-electron chi connectivity index (χ3n) is 3.53. The van der Waals surface area contributed by atoms with Crippen LogP contribution in [-0.4, -0.2) is 31.1 Å². The molecule has 1 atom stereocenters. The maximum Gasteiger partial charge on any atom is 0.0408 e. The molecule has 2 N–H and O–H groups in total. The zero-order chi connectivity index (χ0) is 12.1. The normalized spacial score (nSPS) is 19.2. The van der Waals surface area contributed by atoms with Crippen LogP contribution in [-0.2, 0) is 0 Å². The van der Waals surface area contributed by atoms with Crippen LogP contribution in [0, 0.1) is 0 Å². The monoisotopic (exact) mass is 252 g/mol. The summed E-state index contributed by atoms with van der Waals surface area (Å²) in [5, 5.41) is 0.805. The average Bonchev–Trinajstić information content (AvgIpc) is 2.37. The summed E-state index contributed by atoms with van der Waals surface area (Å²) in [6.07, 6.45) is 4.03. The van der Waals surface area contributed by atoms with Gasteiger partial charge in [0.05, 0.1) is 0 Å². The minimum absolute atomic E-state index is 0.409. The SMILES string of the molecule is NCC(CN1CCCCC1)c1cccc(Cl)c1. The van der Waals surface area contributed by atoms with E-state index >= 15 is 0 Å². The van der Waals surface area contributed by atoms with Crippen LogP contribution >= 0.6 is 11.6 Å². The van der Waals surface area contributed by atoms with Crippen molar-refractivity contribution in [2.45, 2.75) is 25.2 Å². The molecule has 1 saturated heterocycles. The molecule has 3 heteroatoms. The molecule has 94 valence electrons. The first-order chi connectivity index (χ1) is 8.29. The molecule has 2 rings (SSSR count). The molecule has 0 amide bonds. The Morgan fingerprint density at radius 3 is 2.65 bits per heavy atom. The molecule has 1 aromatic rings. The average molecular weight is 253 g/mol. The number of hydrogen-bond donors (Lipinski definition) is 1. The Bertz CT molecular complexity index is 348. The smallest absolute Gasteiger partial charge is 0.0408 e. The van der Waals surface area contributed by atoms with Gasteiger partial charge in [-0.15, -0.1) is 0 Å². The third-order valence-corrected chi connectivity index (χ3v) is 3.77. The van der Waals surface area contributed by atoms with Crippen molar-refractivity contribution in [1.29, 1.82) is 0 Å². The lowest BCUT2D eigenvalue weighted by molar-refractivity contribution is 0.216. The number of likely N-dealkylation sites (tertiary alicyclic amines) is 1. The van der Waals surface area contributed by atoms with Gasteiger partial charge < -0.3 is 10.6 Å². The molecule has 2 nitrogen and oxygen atoms in total. The highest BCUT2D eigenvalue weighted by Crippen LogP contribution is 2.21. The molecule has 17 heavy (non-hydrogen) atoms. The standard InChI is InChI=1S/C14H21ClN2/c15-14-6-4-5-12(9-14)13(10-16)11-17-7-2-1-3-8-17/h4-6,9,13H,1-3,7-8,10-11,16H2. The highest BCUT2D eigenvalue weighted by atomic mass is 35.5. The number of nitrogens with two attached hydrogens (primary N) is 1. The summed E-state index contributed by atoms with van der Waals surface area (Å²) in [5.41, 5.74) is 7.17. The topological polar surface area (TPSA) is 29.3 Å². The summed E-state index contributed by atoms with van der Waals surface area (Å²) in [4.78, 5) is 2.53. The van der Waals surface area contributed by atoms with Crippen molar-refractivity contribution in [3.05, 3.63) is 34.9 Å². The molecule has 0 spiro atoms. The number of benzene rings is 1. The van der Waals surface area contributed by atoms with E-state index < -0.39 is 0 Å². The molecule has 1 aliphatic rings. The third kappa shape index (κ3) is 3.70. The van der Waals surface area contributed by atoms with Crippen LogP contribution in [0.15, 0.2) is 24.3 Å². The lowest BCUT2D eigenvalue weighted by Gasteiger charge is -2.30. The fraction of sp³-hybridized carbons (Fsp3) is 0.571. The van der Waals surface area contributed by atoms with E-state index in [1.165, 1.54) is 37.9 Å². The summed E-state index contributed by atoms with van der Waals surface area (Å²) in [5.74, 6) is 0.409. The second-order valence-corrected chi connectivity index (χ2v) is 5.29. The lowest BCUT2D eigenvalue weighted by atomic mass is 9.97. The second kappa shape index (κ2) is 6.39. The van der Waals surface area contributed by atoms with Crippen molar-refractivity contribution in [1.82, 2.24) is 4.90 Å². The molecule has 1 heterocycles.